The maximum Gasteiger partial charge on any atom is -0.00440 e. The van der Waals surface area contributed by atoms with Crippen molar-refractivity contribution in [1.82, 2.24) is 0 Å². The minimum absolute atomic E-state index is 0.180. The fourth-order valence-electron chi connectivity index (χ4n) is 4.09. The van der Waals surface area contributed by atoms with Gasteiger partial charge in [0.1, 0.15) is 0 Å². The van der Waals surface area contributed by atoms with Crippen LogP contribution in [0, 0.1) is 24.7 Å². The number of hydrogen-bond donors (Lipinski definition) is 0. The Morgan fingerprint density at radius 3 is 1.05 bits per heavy atom. The maximum absolute atomic E-state index is 2.45. The molecule has 0 fully saturated rings. The van der Waals surface area contributed by atoms with Crippen molar-refractivity contribution >= 4 is 0 Å². The van der Waals surface area contributed by atoms with Crippen LogP contribution < -0.4 is 0 Å². The molecule has 0 bridgehead atoms. The van der Waals surface area contributed by atoms with Crippen LogP contribution in [0.5, 0.6) is 0 Å². The van der Waals surface area contributed by atoms with Crippen molar-refractivity contribution in [3.05, 3.63) is 34.4 Å². The van der Waals surface area contributed by atoms with Gasteiger partial charge in [0, 0.05) is 0 Å². The van der Waals surface area contributed by atoms with Crippen molar-refractivity contribution in [2.24, 2.45) is 10.8 Å². The van der Waals surface area contributed by atoms with E-state index < -0.39 is 0 Å². The molecule has 1 aliphatic rings. The first-order valence-electron chi connectivity index (χ1n) is 7.90. The number of aryl methyl sites for hydroxylation is 2. The summed E-state index contributed by atoms with van der Waals surface area (Å²) in [5.74, 6) is 0. The summed E-state index contributed by atoms with van der Waals surface area (Å²) >= 11 is 0. The normalized spacial score (nSPS) is 25.1. The van der Waals surface area contributed by atoms with Gasteiger partial charge in [0.15, 0.2) is 0 Å². The average Bonchev–Trinajstić information content (AvgIpc) is 2.29. The van der Waals surface area contributed by atoms with Crippen molar-refractivity contribution < 1.29 is 0 Å². The van der Waals surface area contributed by atoms with Crippen molar-refractivity contribution in [3.63, 3.8) is 0 Å². The minimum Gasteiger partial charge on any atom is -0.0585 e. The lowest BCUT2D eigenvalue weighted by molar-refractivity contribution is -0.0442. The van der Waals surface area contributed by atoms with E-state index in [0.29, 0.717) is 0 Å². The molecule has 2 rings (SSSR count). The molecule has 1 aromatic carbocycles. The Morgan fingerprint density at radius 2 is 0.800 bits per heavy atom. The lowest BCUT2D eigenvalue weighted by Gasteiger charge is -2.64. The van der Waals surface area contributed by atoms with Gasteiger partial charge in [-0.2, -0.15) is 0 Å². The molecule has 0 N–H and O–H groups in total. The molecule has 0 saturated carbocycles. The SMILES string of the molecule is Cc1cc2c(cc1C)C(C)(C)C(C)(C)C(C)(C)C2(C)C. The van der Waals surface area contributed by atoms with E-state index in [0.717, 1.165) is 0 Å². The molecular weight excluding hydrogens is 240 g/mol. The largest absolute Gasteiger partial charge is 0.0585 e. The minimum atomic E-state index is 0.180. The van der Waals surface area contributed by atoms with Gasteiger partial charge >= 0.3 is 0 Å². The zero-order chi connectivity index (χ0) is 15.7. The highest BCUT2D eigenvalue weighted by Crippen LogP contribution is 2.65. The van der Waals surface area contributed by atoms with Gasteiger partial charge in [-0.3, -0.25) is 0 Å². The van der Waals surface area contributed by atoms with Crippen LogP contribution in [-0.4, -0.2) is 0 Å². The second-order valence-corrected chi connectivity index (χ2v) is 8.98. The van der Waals surface area contributed by atoms with Gasteiger partial charge in [-0.25, -0.2) is 0 Å². The van der Waals surface area contributed by atoms with E-state index in [1.54, 1.807) is 11.1 Å². The van der Waals surface area contributed by atoms with Gasteiger partial charge in [-0.15, -0.1) is 0 Å². The Balaban J connectivity index is 2.92. The zero-order valence-corrected chi connectivity index (χ0v) is 15.2. The summed E-state index contributed by atoms with van der Waals surface area (Å²) in [4.78, 5) is 0. The topological polar surface area (TPSA) is 0 Å². The summed E-state index contributed by atoms with van der Waals surface area (Å²) in [7, 11) is 0. The Kier molecular flexibility index (Phi) is 3.04. The molecule has 0 heterocycles. The third-order valence-corrected chi connectivity index (χ3v) is 7.67. The quantitative estimate of drug-likeness (QED) is 0.549. The fourth-order valence-corrected chi connectivity index (χ4v) is 4.09. The van der Waals surface area contributed by atoms with Gasteiger partial charge in [0.05, 0.1) is 0 Å². The molecule has 20 heavy (non-hydrogen) atoms. The first kappa shape index (κ1) is 15.6. The van der Waals surface area contributed by atoms with Crippen LogP contribution >= 0.6 is 0 Å². The molecule has 0 heteroatoms. The van der Waals surface area contributed by atoms with Crippen LogP contribution in [0.15, 0.2) is 12.1 Å². The molecular formula is C20H32. The molecule has 0 nitrogen and oxygen atoms in total. The molecule has 0 aliphatic heterocycles. The summed E-state index contributed by atoms with van der Waals surface area (Å²) in [5.41, 5.74) is 6.77. The fraction of sp³-hybridized carbons (Fsp3) is 0.700. The molecule has 112 valence electrons. The standard InChI is InChI=1S/C20H32/c1-13-11-15-16(12-14(13)2)18(5,6)20(9,10)19(7,8)17(15,3)4/h11-12H,1-10H3. The number of rotatable bonds is 0. The van der Waals surface area contributed by atoms with E-state index >= 15 is 0 Å². The lowest BCUT2D eigenvalue weighted by atomic mass is 9.40. The van der Waals surface area contributed by atoms with Crippen LogP contribution in [0.3, 0.4) is 0 Å². The van der Waals surface area contributed by atoms with E-state index in [9.17, 15) is 0 Å². The average molecular weight is 272 g/mol. The Labute approximate surface area is 126 Å². The van der Waals surface area contributed by atoms with Crippen LogP contribution in [0.2, 0.25) is 0 Å². The second kappa shape index (κ2) is 3.90. The molecule has 0 atom stereocenters. The van der Waals surface area contributed by atoms with Crippen LogP contribution in [0.25, 0.3) is 0 Å². The van der Waals surface area contributed by atoms with Crippen molar-refractivity contribution in [2.75, 3.05) is 0 Å². The third-order valence-electron chi connectivity index (χ3n) is 7.67. The highest BCUT2D eigenvalue weighted by Gasteiger charge is 2.60. The predicted molar refractivity (Wildman–Crippen MR) is 89.5 cm³/mol. The molecule has 0 aromatic heterocycles. The molecule has 1 aliphatic carbocycles. The summed E-state index contributed by atoms with van der Waals surface area (Å²) in [6.07, 6.45) is 0. The number of hydrogen-bond acceptors (Lipinski definition) is 0. The summed E-state index contributed by atoms with van der Waals surface area (Å²) in [6.45, 7) is 24.0. The van der Waals surface area contributed by atoms with Crippen molar-refractivity contribution in [3.8, 4) is 0 Å². The van der Waals surface area contributed by atoms with E-state index in [4.69, 9.17) is 0 Å². The van der Waals surface area contributed by atoms with Crippen LogP contribution in [-0.2, 0) is 10.8 Å². The summed E-state index contributed by atoms with van der Waals surface area (Å²) < 4.78 is 0. The van der Waals surface area contributed by atoms with Crippen molar-refractivity contribution in [2.45, 2.75) is 80.1 Å². The van der Waals surface area contributed by atoms with E-state index in [1.807, 2.05) is 0 Å². The van der Waals surface area contributed by atoms with Crippen LogP contribution in [0.4, 0.5) is 0 Å². The number of benzene rings is 1. The van der Waals surface area contributed by atoms with E-state index in [2.05, 4.69) is 81.4 Å². The van der Waals surface area contributed by atoms with Crippen LogP contribution in [0.1, 0.15) is 77.6 Å². The highest BCUT2D eigenvalue weighted by molar-refractivity contribution is 5.50. The summed E-state index contributed by atoms with van der Waals surface area (Å²) in [6, 6.07) is 4.90. The predicted octanol–water partition coefficient (Wildman–Crippen LogP) is 5.92. The molecule has 0 unspecified atom stereocenters. The van der Waals surface area contributed by atoms with Gasteiger partial charge in [-0.05, 0) is 57.8 Å². The van der Waals surface area contributed by atoms with Gasteiger partial charge in [0.25, 0.3) is 0 Å². The molecule has 1 aromatic rings. The van der Waals surface area contributed by atoms with Crippen molar-refractivity contribution in [1.29, 1.82) is 0 Å². The second-order valence-electron chi connectivity index (χ2n) is 8.98. The van der Waals surface area contributed by atoms with E-state index in [-0.39, 0.29) is 21.7 Å². The van der Waals surface area contributed by atoms with Gasteiger partial charge < -0.3 is 0 Å². The third kappa shape index (κ3) is 1.54. The monoisotopic (exact) mass is 272 g/mol. The summed E-state index contributed by atoms with van der Waals surface area (Å²) in [5, 5.41) is 0. The molecule has 0 saturated heterocycles. The molecule has 0 amide bonds. The molecule has 0 spiro atoms. The Bertz CT molecular complexity index is 503. The van der Waals surface area contributed by atoms with Gasteiger partial charge in [-0.1, -0.05) is 67.5 Å². The smallest absolute Gasteiger partial charge is 0.00440 e. The lowest BCUT2D eigenvalue weighted by Crippen LogP contribution is -2.59. The van der Waals surface area contributed by atoms with E-state index in [1.165, 1.54) is 11.1 Å². The first-order valence-corrected chi connectivity index (χ1v) is 7.90. The highest BCUT2D eigenvalue weighted by atomic mass is 14.6. The Morgan fingerprint density at radius 1 is 0.550 bits per heavy atom. The zero-order valence-electron chi connectivity index (χ0n) is 15.2. The Hall–Kier alpha value is -0.780. The van der Waals surface area contributed by atoms with Gasteiger partial charge in [0.2, 0.25) is 0 Å². The maximum atomic E-state index is 2.45. The number of fused-ring (bicyclic) bond motifs is 1. The first-order chi connectivity index (χ1) is 8.78. The molecule has 0 radical (unpaired) electrons.